The molecular formula is C13H25NO3. The molecule has 0 bridgehead atoms. The van der Waals surface area contributed by atoms with Gasteiger partial charge in [-0.1, -0.05) is 13.8 Å². The van der Waals surface area contributed by atoms with Gasteiger partial charge in [-0.25, -0.2) is 0 Å². The van der Waals surface area contributed by atoms with Crippen molar-refractivity contribution >= 4 is 5.91 Å². The summed E-state index contributed by atoms with van der Waals surface area (Å²) < 4.78 is 10.7. The first-order chi connectivity index (χ1) is 7.90. The lowest BCUT2D eigenvalue weighted by molar-refractivity contribution is -0.151. The van der Waals surface area contributed by atoms with Crippen molar-refractivity contribution in [2.45, 2.75) is 45.6 Å². The molecule has 1 atom stereocenters. The van der Waals surface area contributed by atoms with Crippen LogP contribution >= 0.6 is 0 Å². The Morgan fingerprint density at radius 1 is 1.47 bits per heavy atom. The maximum atomic E-state index is 12.1. The Kier molecular flexibility index (Phi) is 4.95. The number of methoxy groups -OCH3 is 1. The Bertz CT molecular complexity index is 257. The molecule has 0 aromatic carbocycles. The van der Waals surface area contributed by atoms with Gasteiger partial charge in [0.1, 0.15) is 5.60 Å². The fourth-order valence-electron chi connectivity index (χ4n) is 2.06. The van der Waals surface area contributed by atoms with Crippen molar-refractivity contribution in [3.05, 3.63) is 0 Å². The van der Waals surface area contributed by atoms with Crippen molar-refractivity contribution in [1.82, 2.24) is 5.32 Å². The van der Waals surface area contributed by atoms with E-state index < -0.39 is 5.60 Å². The van der Waals surface area contributed by atoms with E-state index in [2.05, 4.69) is 19.2 Å². The SMILES string of the molecule is COCC(C)(C)CNC(=O)C1(C)CCCCO1. The first-order valence-corrected chi connectivity index (χ1v) is 6.31. The van der Waals surface area contributed by atoms with Gasteiger partial charge in [0.15, 0.2) is 0 Å². The number of carbonyl (C=O) groups excluding carboxylic acids is 1. The lowest BCUT2D eigenvalue weighted by Crippen LogP contribution is -2.50. The van der Waals surface area contributed by atoms with Crippen molar-refractivity contribution in [3.63, 3.8) is 0 Å². The van der Waals surface area contributed by atoms with Crippen molar-refractivity contribution in [2.24, 2.45) is 5.41 Å². The molecule has 1 saturated heterocycles. The van der Waals surface area contributed by atoms with E-state index >= 15 is 0 Å². The second-order valence-electron chi connectivity index (χ2n) is 5.82. The van der Waals surface area contributed by atoms with E-state index in [1.54, 1.807) is 7.11 Å². The lowest BCUT2D eigenvalue weighted by Gasteiger charge is -2.34. The molecule has 1 aliphatic heterocycles. The number of carbonyl (C=O) groups is 1. The van der Waals surface area contributed by atoms with E-state index in [-0.39, 0.29) is 11.3 Å². The molecule has 1 aliphatic rings. The minimum absolute atomic E-state index is 0.00128. The molecule has 0 aliphatic carbocycles. The van der Waals surface area contributed by atoms with E-state index in [9.17, 15) is 4.79 Å². The minimum atomic E-state index is -0.637. The van der Waals surface area contributed by atoms with Crippen LogP contribution in [0.15, 0.2) is 0 Å². The van der Waals surface area contributed by atoms with Crippen LogP contribution in [-0.4, -0.2) is 38.4 Å². The summed E-state index contributed by atoms with van der Waals surface area (Å²) in [6.45, 7) is 7.95. The highest BCUT2D eigenvalue weighted by molar-refractivity contribution is 5.84. The third-order valence-corrected chi connectivity index (χ3v) is 3.21. The zero-order chi connectivity index (χ0) is 12.9. The summed E-state index contributed by atoms with van der Waals surface area (Å²) in [7, 11) is 1.68. The summed E-state index contributed by atoms with van der Waals surface area (Å²) >= 11 is 0. The quantitative estimate of drug-likeness (QED) is 0.800. The van der Waals surface area contributed by atoms with Crippen LogP contribution in [-0.2, 0) is 14.3 Å². The monoisotopic (exact) mass is 243 g/mol. The number of amides is 1. The third-order valence-electron chi connectivity index (χ3n) is 3.21. The molecule has 1 amide bonds. The van der Waals surface area contributed by atoms with E-state index in [0.717, 1.165) is 19.3 Å². The first kappa shape index (κ1) is 14.5. The average molecular weight is 243 g/mol. The van der Waals surface area contributed by atoms with Gasteiger partial charge in [-0.15, -0.1) is 0 Å². The van der Waals surface area contributed by atoms with Crippen LogP contribution in [0.2, 0.25) is 0 Å². The molecule has 4 nitrogen and oxygen atoms in total. The van der Waals surface area contributed by atoms with E-state index in [0.29, 0.717) is 19.8 Å². The average Bonchev–Trinajstić information content (AvgIpc) is 2.27. The zero-order valence-corrected chi connectivity index (χ0v) is 11.5. The number of hydrogen-bond donors (Lipinski definition) is 1. The number of nitrogens with one attached hydrogen (secondary N) is 1. The summed E-state index contributed by atoms with van der Waals surface area (Å²) in [6.07, 6.45) is 2.92. The second-order valence-corrected chi connectivity index (χ2v) is 5.82. The maximum absolute atomic E-state index is 12.1. The van der Waals surface area contributed by atoms with Crippen LogP contribution in [0, 0.1) is 5.41 Å². The third kappa shape index (κ3) is 4.28. The van der Waals surface area contributed by atoms with Gasteiger partial charge in [-0.3, -0.25) is 4.79 Å². The minimum Gasteiger partial charge on any atom is -0.384 e. The largest absolute Gasteiger partial charge is 0.384 e. The Labute approximate surface area is 104 Å². The summed E-state index contributed by atoms with van der Waals surface area (Å²) in [5.74, 6) is 0.00128. The molecule has 1 fully saturated rings. The number of ether oxygens (including phenoxy) is 2. The fraction of sp³-hybridized carbons (Fsp3) is 0.923. The molecule has 0 aromatic heterocycles. The van der Waals surface area contributed by atoms with E-state index in [4.69, 9.17) is 9.47 Å². The Morgan fingerprint density at radius 3 is 2.71 bits per heavy atom. The molecule has 0 radical (unpaired) electrons. The second kappa shape index (κ2) is 5.83. The van der Waals surface area contributed by atoms with Gasteiger partial charge in [-0.2, -0.15) is 0 Å². The fourth-order valence-corrected chi connectivity index (χ4v) is 2.06. The molecule has 100 valence electrons. The highest BCUT2D eigenvalue weighted by atomic mass is 16.5. The van der Waals surface area contributed by atoms with Gasteiger partial charge < -0.3 is 14.8 Å². The van der Waals surface area contributed by atoms with Crippen LogP contribution in [0.3, 0.4) is 0 Å². The molecule has 0 saturated carbocycles. The van der Waals surface area contributed by atoms with E-state index in [1.807, 2.05) is 6.92 Å². The highest BCUT2D eigenvalue weighted by Crippen LogP contribution is 2.25. The summed E-state index contributed by atoms with van der Waals surface area (Å²) in [5, 5.41) is 2.97. The van der Waals surface area contributed by atoms with Crippen LogP contribution in [0.1, 0.15) is 40.0 Å². The molecule has 0 spiro atoms. The molecule has 1 N–H and O–H groups in total. The molecule has 4 heteroatoms. The normalized spacial score (nSPS) is 25.6. The molecular weight excluding hydrogens is 218 g/mol. The zero-order valence-electron chi connectivity index (χ0n) is 11.5. The molecule has 1 rings (SSSR count). The predicted molar refractivity (Wildman–Crippen MR) is 66.9 cm³/mol. The van der Waals surface area contributed by atoms with Gasteiger partial charge in [-0.05, 0) is 26.2 Å². The van der Waals surface area contributed by atoms with Gasteiger partial charge in [0.05, 0.1) is 6.61 Å². The maximum Gasteiger partial charge on any atom is 0.251 e. The van der Waals surface area contributed by atoms with Gasteiger partial charge >= 0.3 is 0 Å². The van der Waals surface area contributed by atoms with E-state index in [1.165, 1.54) is 0 Å². The van der Waals surface area contributed by atoms with Crippen LogP contribution in [0.5, 0.6) is 0 Å². The molecule has 17 heavy (non-hydrogen) atoms. The highest BCUT2D eigenvalue weighted by Gasteiger charge is 2.36. The first-order valence-electron chi connectivity index (χ1n) is 6.31. The topological polar surface area (TPSA) is 47.6 Å². The Hall–Kier alpha value is -0.610. The predicted octanol–water partition coefficient (Wildman–Crippen LogP) is 1.73. The summed E-state index contributed by atoms with van der Waals surface area (Å²) in [5.41, 5.74) is -0.684. The molecule has 0 aromatic rings. The van der Waals surface area contributed by atoms with Gasteiger partial charge in [0, 0.05) is 25.7 Å². The number of hydrogen-bond acceptors (Lipinski definition) is 3. The van der Waals surface area contributed by atoms with Crippen molar-refractivity contribution in [3.8, 4) is 0 Å². The molecule has 1 unspecified atom stereocenters. The molecule has 1 heterocycles. The standard InChI is InChI=1S/C13H25NO3/c1-12(2,10-16-4)9-14-11(15)13(3)7-5-6-8-17-13/h5-10H2,1-4H3,(H,14,15). The van der Waals surface area contributed by atoms with Crippen LogP contribution < -0.4 is 5.32 Å². The van der Waals surface area contributed by atoms with Crippen molar-refractivity contribution in [2.75, 3.05) is 26.9 Å². The Balaban J connectivity index is 2.43. The lowest BCUT2D eigenvalue weighted by atomic mass is 9.92. The Morgan fingerprint density at radius 2 is 2.18 bits per heavy atom. The smallest absolute Gasteiger partial charge is 0.251 e. The van der Waals surface area contributed by atoms with Gasteiger partial charge in [0.2, 0.25) is 0 Å². The summed E-state index contributed by atoms with van der Waals surface area (Å²) in [6, 6.07) is 0. The van der Waals surface area contributed by atoms with Crippen molar-refractivity contribution in [1.29, 1.82) is 0 Å². The van der Waals surface area contributed by atoms with Crippen LogP contribution in [0.4, 0.5) is 0 Å². The number of rotatable bonds is 5. The van der Waals surface area contributed by atoms with Gasteiger partial charge in [0.25, 0.3) is 5.91 Å². The summed E-state index contributed by atoms with van der Waals surface area (Å²) in [4.78, 5) is 12.1. The van der Waals surface area contributed by atoms with Crippen molar-refractivity contribution < 1.29 is 14.3 Å². The van der Waals surface area contributed by atoms with Crippen LogP contribution in [0.25, 0.3) is 0 Å².